The van der Waals surface area contributed by atoms with Crippen LogP contribution in [0.3, 0.4) is 0 Å². The van der Waals surface area contributed by atoms with Crippen LogP contribution in [0.2, 0.25) is 0 Å². The Balaban J connectivity index is 1.81. The van der Waals surface area contributed by atoms with Gasteiger partial charge in [-0.05, 0) is 30.7 Å². The van der Waals surface area contributed by atoms with E-state index in [4.69, 9.17) is 11.6 Å². The number of aromatic amines is 1. The number of fused-ring (bicyclic) bond motifs is 1. The Morgan fingerprint density at radius 1 is 1.20 bits per heavy atom. The van der Waals surface area contributed by atoms with Gasteiger partial charge in [0.1, 0.15) is 4.83 Å². The van der Waals surface area contributed by atoms with E-state index in [0.717, 1.165) is 16.0 Å². The van der Waals surface area contributed by atoms with E-state index in [1.165, 1.54) is 16.2 Å². The van der Waals surface area contributed by atoms with Crippen molar-refractivity contribution in [2.45, 2.75) is 6.92 Å². The number of aromatic nitrogens is 2. The van der Waals surface area contributed by atoms with E-state index in [1.54, 1.807) is 11.3 Å². The van der Waals surface area contributed by atoms with Crippen molar-refractivity contribution >= 4 is 55.6 Å². The van der Waals surface area contributed by atoms with Crippen LogP contribution in [0.25, 0.3) is 32.5 Å². The average Bonchev–Trinajstić information content (AvgIpc) is 3.22. The molecule has 3 aromatic heterocycles. The molecule has 6 heteroatoms. The third-order valence-electron chi connectivity index (χ3n) is 3.79. The summed E-state index contributed by atoms with van der Waals surface area (Å²) >= 11 is 9.48. The maximum atomic E-state index is 12.6. The lowest BCUT2D eigenvalue weighted by molar-refractivity contribution is 1.14. The largest absolute Gasteiger partial charge is 0.305 e. The number of nitrogens with one attached hydrogen (secondary N) is 1. The van der Waals surface area contributed by atoms with Crippen LogP contribution in [-0.4, -0.2) is 9.97 Å². The minimum atomic E-state index is -0.172. The zero-order chi connectivity index (χ0) is 17.4. The maximum Gasteiger partial charge on any atom is 0.260 e. The van der Waals surface area contributed by atoms with Gasteiger partial charge in [0.25, 0.3) is 5.56 Å². The first-order valence-electron chi connectivity index (χ1n) is 7.63. The Morgan fingerprint density at radius 2 is 2.00 bits per heavy atom. The SMILES string of the molecule is Cc1ccc(/C=C(\Cl)c2nc3scc(-c4ccccc4)c3c(=O)[nH]2)s1. The molecule has 0 aliphatic heterocycles. The third-order valence-corrected chi connectivity index (χ3v) is 5.89. The Hall–Kier alpha value is -2.21. The second-order valence-corrected chi connectivity index (χ2v) is 8.14. The van der Waals surface area contributed by atoms with Crippen LogP contribution in [0.15, 0.2) is 52.6 Å². The van der Waals surface area contributed by atoms with E-state index in [1.807, 2.05) is 60.8 Å². The minimum Gasteiger partial charge on any atom is -0.305 e. The number of rotatable bonds is 3. The second-order valence-electron chi connectivity index (χ2n) is 5.55. The number of benzene rings is 1. The summed E-state index contributed by atoms with van der Waals surface area (Å²) in [6.07, 6.45) is 1.83. The Labute approximate surface area is 157 Å². The first-order chi connectivity index (χ1) is 12.1. The van der Waals surface area contributed by atoms with E-state index in [-0.39, 0.29) is 5.56 Å². The van der Waals surface area contributed by atoms with Gasteiger partial charge in [0, 0.05) is 20.7 Å². The molecule has 4 rings (SSSR count). The van der Waals surface area contributed by atoms with Crippen molar-refractivity contribution in [3.8, 4) is 11.1 Å². The minimum absolute atomic E-state index is 0.172. The molecule has 0 atom stereocenters. The topological polar surface area (TPSA) is 45.8 Å². The third kappa shape index (κ3) is 3.18. The Morgan fingerprint density at radius 3 is 2.72 bits per heavy atom. The van der Waals surface area contributed by atoms with E-state index in [9.17, 15) is 4.79 Å². The molecule has 0 aliphatic carbocycles. The normalized spacial score (nSPS) is 12.0. The number of hydrogen-bond acceptors (Lipinski definition) is 4. The van der Waals surface area contributed by atoms with Crippen LogP contribution < -0.4 is 5.56 Å². The van der Waals surface area contributed by atoms with Gasteiger partial charge in [-0.15, -0.1) is 22.7 Å². The average molecular weight is 385 g/mol. The van der Waals surface area contributed by atoms with Crippen LogP contribution >= 0.6 is 34.3 Å². The lowest BCUT2D eigenvalue weighted by atomic mass is 10.1. The molecule has 0 spiro atoms. The number of halogens is 1. The van der Waals surface area contributed by atoms with Crippen LogP contribution in [0, 0.1) is 6.92 Å². The van der Waals surface area contributed by atoms with Gasteiger partial charge in [-0.3, -0.25) is 4.79 Å². The summed E-state index contributed by atoms with van der Waals surface area (Å²) in [4.78, 5) is 22.9. The Bertz CT molecular complexity index is 1140. The molecule has 0 fully saturated rings. The number of aryl methyl sites for hydroxylation is 1. The van der Waals surface area contributed by atoms with Gasteiger partial charge < -0.3 is 4.98 Å². The fraction of sp³-hybridized carbons (Fsp3) is 0.0526. The molecule has 1 aromatic carbocycles. The first-order valence-corrected chi connectivity index (χ1v) is 9.70. The molecule has 3 heterocycles. The zero-order valence-electron chi connectivity index (χ0n) is 13.2. The molecular weight excluding hydrogens is 372 g/mol. The highest BCUT2D eigenvalue weighted by molar-refractivity contribution is 7.17. The highest BCUT2D eigenvalue weighted by Crippen LogP contribution is 2.31. The van der Waals surface area contributed by atoms with Crippen LogP contribution in [0.1, 0.15) is 15.6 Å². The maximum absolute atomic E-state index is 12.6. The monoisotopic (exact) mass is 384 g/mol. The van der Waals surface area contributed by atoms with Crippen molar-refractivity contribution in [1.82, 2.24) is 9.97 Å². The van der Waals surface area contributed by atoms with Crippen molar-refractivity contribution < 1.29 is 0 Å². The van der Waals surface area contributed by atoms with Gasteiger partial charge in [-0.25, -0.2) is 4.98 Å². The molecule has 4 aromatic rings. The lowest BCUT2D eigenvalue weighted by Gasteiger charge is -2.01. The molecule has 0 radical (unpaired) electrons. The van der Waals surface area contributed by atoms with Crippen molar-refractivity contribution in [1.29, 1.82) is 0 Å². The predicted octanol–water partition coefficient (Wildman–Crippen LogP) is 5.76. The fourth-order valence-corrected chi connectivity index (χ4v) is 4.66. The lowest BCUT2D eigenvalue weighted by Crippen LogP contribution is -2.10. The quantitative estimate of drug-likeness (QED) is 0.488. The molecule has 0 bridgehead atoms. The van der Waals surface area contributed by atoms with Crippen LogP contribution in [-0.2, 0) is 0 Å². The highest BCUT2D eigenvalue weighted by Gasteiger charge is 2.14. The van der Waals surface area contributed by atoms with E-state index >= 15 is 0 Å². The van der Waals surface area contributed by atoms with Gasteiger partial charge in [0.15, 0.2) is 5.82 Å². The Kier molecular flexibility index (Phi) is 4.29. The molecule has 1 N–H and O–H groups in total. The van der Waals surface area contributed by atoms with Crippen molar-refractivity contribution in [3.05, 3.63) is 73.8 Å². The van der Waals surface area contributed by atoms with E-state index in [2.05, 4.69) is 9.97 Å². The molecule has 124 valence electrons. The van der Waals surface area contributed by atoms with Crippen LogP contribution in [0.5, 0.6) is 0 Å². The summed E-state index contributed by atoms with van der Waals surface area (Å²) in [7, 11) is 0. The molecule has 25 heavy (non-hydrogen) atoms. The predicted molar refractivity (Wildman–Crippen MR) is 108 cm³/mol. The summed E-state index contributed by atoms with van der Waals surface area (Å²) < 4.78 is 0. The zero-order valence-corrected chi connectivity index (χ0v) is 15.6. The molecule has 3 nitrogen and oxygen atoms in total. The summed E-state index contributed by atoms with van der Waals surface area (Å²) in [5, 5.41) is 3.00. The van der Waals surface area contributed by atoms with E-state index in [0.29, 0.717) is 21.1 Å². The molecule has 0 unspecified atom stereocenters. The number of H-pyrrole nitrogens is 1. The highest BCUT2D eigenvalue weighted by atomic mass is 35.5. The standard InChI is InChI=1S/C19H13ClN2OS2/c1-11-7-8-13(25-11)9-15(20)17-21-18(23)16-14(10-24-19(16)22-17)12-5-3-2-4-6-12/h2-10H,1H3,(H,21,22,23)/b15-9-. The summed E-state index contributed by atoms with van der Waals surface area (Å²) in [5.74, 6) is 0.395. The van der Waals surface area contributed by atoms with Gasteiger partial charge in [-0.1, -0.05) is 41.9 Å². The number of hydrogen-bond donors (Lipinski definition) is 1. The molecule has 0 aliphatic rings. The number of thiophene rings is 2. The van der Waals surface area contributed by atoms with Crippen molar-refractivity contribution in [3.63, 3.8) is 0 Å². The molecule has 0 saturated carbocycles. The van der Waals surface area contributed by atoms with E-state index < -0.39 is 0 Å². The summed E-state index contributed by atoms with van der Waals surface area (Å²) in [6, 6.07) is 13.9. The van der Waals surface area contributed by atoms with Gasteiger partial charge in [0.05, 0.1) is 10.4 Å². The van der Waals surface area contributed by atoms with Crippen molar-refractivity contribution in [2.75, 3.05) is 0 Å². The second kappa shape index (κ2) is 6.59. The van der Waals surface area contributed by atoms with Gasteiger partial charge in [-0.2, -0.15) is 0 Å². The number of nitrogens with zero attached hydrogens (tertiary/aromatic N) is 1. The first kappa shape index (κ1) is 16.3. The van der Waals surface area contributed by atoms with Crippen molar-refractivity contribution in [2.24, 2.45) is 0 Å². The van der Waals surface area contributed by atoms with Gasteiger partial charge >= 0.3 is 0 Å². The summed E-state index contributed by atoms with van der Waals surface area (Å²) in [5.41, 5.74) is 1.73. The van der Waals surface area contributed by atoms with Crippen LogP contribution in [0.4, 0.5) is 0 Å². The molecule has 0 saturated heterocycles. The fourth-order valence-electron chi connectivity index (χ4n) is 2.62. The molecular formula is C19H13ClN2OS2. The smallest absolute Gasteiger partial charge is 0.260 e. The molecule has 0 amide bonds. The van der Waals surface area contributed by atoms with Gasteiger partial charge in [0.2, 0.25) is 0 Å². The summed E-state index contributed by atoms with van der Waals surface area (Å²) in [6.45, 7) is 2.04.